The Bertz CT molecular complexity index is 561. The molecule has 0 amide bonds. The number of hydrogen-bond acceptors (Lipinski definition) is 7. The molecule has 0 heterocycles. The predicted octanol–water partition coefficient (Wildman–Crippen LogP) is 1.95. The summed E-state index contributed by atoms with van der Waals surface area (Å²) in [5, 5.41) is 11.2. The molecule has 0 bridgehead atoms. The maximum absolute atomic E-state index is 11.2. The average molecular weight is 625 g/mol. The molecule has 0 atom stereocenters. The van der Waals surface area contributed by atoms with Crippen molar-refractivity contribution >= 4 is 20.6 Å². The van der Waals surface area contributed by atoms with Crippen LogP contribution in [0.4, 0.5) is 5.69 Å². The van der Waals surface area contributed by atoms with Crippen LogP contribution in [0.15, 0.2) is 12.1 Å². The fourth-order valence-electron chi connectivity index (χ4n) is 2.41. The van der Waals surface area contributed by atoms with E-state index in [-0.39, 0.29) is 17.2 Å². The van der Waals surface area contributed by atoms with Gasteiger partial charge >= 0.3 is 121 Å². The van der Waals surface area contributed by atoms with E-state index in [0.29, 0.717) is 24.0 Å². The fourth-order valence-corrected chi connectivity index (χ4v) is 6.20. The Morgan fingerprint density at radius 3 is 2.28 bits per heavy atom. The van der Waals surface area contributed by atoms with Gasteiger partial charge in [-0.05, 0) is 0 Å². The van der Waals surface area contributed by atoms with E-state index in [1.807, 2.05) is 0 Å². The van der Waals surface area contributed by atoms with Crippen molar-refractivity contribution < 1.29 is 27.7 Å². The maximum atomic E-state index is 11.2. The summed E-state index contributed by atoms with van der Waals surface area (Å²) in [6.45, 7) is 0.679. The van der Waals surface area contributed by atoms with Gasteiger partial charge in [0.2, 0.25) is 0 Å². The van der Waals surface area contributed by atoms with Crippen molar-refractivity contribution in [1.82, 2.24) is 0 Å². The average Bonchev–Trinajstić information content (AvgIpc) is 2.62. The van der Waals surface area contributed by atoms with Gasteiger partial charge in [0.25, 0.3) is 0 Å². The zero-order chi connectivity index (χ0) is 18.9. The fraction of sp³-hybridized carbons (Fsp3) is 0.600. The molecule has 1 rings (SSSR count). The third-order valence-corrected chi connectivity index (χ3v) is 9.22. The summed E-state index contributed by atoms with van der Waals surface area (Å²) in [5.41, 5.74) is 0.632. The summed E-state index contributed by atoms with van der Waals surface area (Å²) in [7, 11) is 3.79. The predicted molar refractivity (Wildman–Crippen MR) is 89.8 cm³/mol. The Hall–Kier alpha value is -2.52. The molecule has 10 heteroatoms. The molecule has 0 saturated heterocycles. The summed E-state index contributed by atoms with van der Waals surface area (Å²) in [6.07, 6.45) is 1.62. The molecule has 0 aliphatic heterocycles. The third kappa shape index (κ3) is 5.50. The second-order valence-electron chi connectivity index (χ2n) is 5.35. The van der Waals surface area contributed by atoms with Gasteiger partial charge in [-0.2, -0.15) is 0 Å². The molecule has 0 saturated carbocycles. The molecule has 137 valence electrons. The second kappa shape index (κ2) is 9.70. The molecule has 0 aliphatic carbocycles. The molecule has 0 N–H and O–H groups in total. The molecule has 0 spiro atoms. The van der Waals surface area contributed by atoms with Crippen molar-refractivity contribution in [1.29, 1.82) is 0 Å². The first-order valence-electron chi connectivity index (χ1n) is 7.83. The van der Waals surface area contributed by atoms with E-state index in [2.05, 4.69) is 0 Å². The van der Waals surface area contributed by atoms with E-state index in [9.17, 15) is 10.1 Å². The molecule has 1 aromatic rings. The van der Waals surface area contributed by atoms with Crippen molar-refractivity contribution in [2.24, 2.45) is 0 Å². The van der Waals surface area contributed by atoms with Gasteiger partial charge < -0.3 is 0 Å². The Labute approximate surface area is 143 Å². The van der Waals surface area contributed by atoms with Gasteiger partial charge in [0.05, 0.1) is 0 Å². The first kappa shape index (κ1) is 20.5. The molecule has 0 aliphatic rings. The molecular weight excluding hydrogens is 601 g/mol. The SMILES string of the molecule is COc1cc(COCCCC[Si](OC)(OC)OC)c([N+](=O)[O-])c[c]1[Rf]. The number of benzene rings is 1. The quantitative estimate of drug-likeness (QED) is 0.152. The van der Waals surface area contributed by atoms with Gasteiger partial charge in [-0.1, -0.05) is 0 Å². The van der Waals surface area contributed by atoms with Crippen molar-refractivity contribution in [2.45, 2.75) is 25.5 Å². The summed E-state index contributed by atoms with van der Waals surface area (Å²) >= 11 is 0. The molecular formula is C15H24NO7RfSi. The number of methoxy groups -OCH3 is 1. The first-order valence-corrected chi connectivity index (χ1v) is 13.0. The van der Waals surface area contributed by atoms with E-state index in [1.165, 1.54) is 0 Å². The monoisotopic (exact) mass is 625 g/mol. The normalized spacial score (nSPS) is 11.6. The third-order valence-electron chi connectivity index (χ3n) is 3.89. The summed E-state index contributed by atoms with van der Waals surface area (Å²) < 4.78 is 27.1. The standard InChI is InChI=1S/C15H24NO7Si.Rf/c1-19-14-7-8-15(16(17)18)13(11-14)12-23-9-5-6-10-24(20-2,21-3)22-4;/h8,11H,5-6,9-10,12H2,1-4H3;. The van der Waals surface area contributed by atoms with Crippen LogP contribution in [-0.4, -0.2) is 48.8 Å². The van der Waals surface area contributed by atoms with Gasteiger partial charge in [0, 0.05) is 21.3 Å². The van der Waals surface area contributed by atoms with Gasteiger partial charge in [-0.25, -0.2) is 0 Å². The number of hydrogen-bond donors (Lipinski definition) is 0. The Morgan fingerprint density at radius 2 is 1.76 bits per heavy atom. The number of nitro benzene ring substituents is 1. The molecule has 8 nitrogen and oxygen atoms in total. The molecule has 0 fully saturated rings. The molecule has 0 aromatic heterocycles. The zero-order valence-corrected chi connectivity index (χ0v) is 22.6. The van der Waals surface area contributed by atoms with Crippen molar-refractivity contribution in [3.63, 3.8) is 0 Å². The van der Waals surface area contributed by atoms with E-state index in [1.54, 1.807) is 40.6 Å². The van der Waals surface area contributed by atoms with Crippen LogP contribution in [-0.2, 0) is 24.6 Å². The van der Waals surface area contributed by atoms with E-state index in [4.69, 9.17) is 22.8 Å². The van der Waals surface area contributed by atoms with Crippen LogP contribution in [0.3, 0.4) is 0 Å². The van der Waals surface area contributed by atoms with Crippen LogP contribution in [0.25, 0.3) is 0 Å². The van der Waals surface area contributed by atoms with Crippen molar-refractivity contribution in [2.75, 3.05) is 35.0 Å². The van der Waals surface area contributed by atoms with Gasteiger partial charge in [-0.15, -0.1) is 0 Å². The number of unbranched alkanes of at least 4 members (excludes halogenated alkanes) is 1. The number of ether oxygens (including phenoxy) is 2. The van der Waals surface area contributed by atoms with Gasteiger partial charge in [0.15, 0.2) is 0 Å². The van der Waals surface area contributed by atoms with E-state index < -0.39 is 8.80 Å². The van der Waals surface area contributed by atoms with Crippen LogP contribution in [0, 0.1) is 10.1 Å². The molecule has 0 radical (unpaired) electrons. The number of nitro groups is 1. The molecule has 0 unspecified atom stereocenters. The summed E-state index contributed by atoms with van der Waals surface area (Å²) in [5.74, 6) is 0.704. The molecule has 25 heavy (non-hydrogen) atoms. The second-order valence-corrected chi connectivity index (χ2v) is 11.9. The number of rotatable bonds is 12. The van der Waals surface area contributed by atoms with Crippen molar-refractivity contribution in [3.8, 4) is 5.75 Å². The van der Waals surface area contributed by atoms with Crippen LogP contribution >= 0.6 is 0 Å². The molecule has 1 aromatic carbocycles. The van der Waals surface area contributed by atoms with E-state index >= 15 is 0 Å². The first-order chi connectivity index (χ1) is 11.9. The van der Waals surface area contributed by atoms with Crippen LogP contribution < -0.4 is 10.8 Å². The van der Waals surface area contributed by atoms with Gasteiger partial charge in [-0.3, -0.25) is 0 Å². The topological polar surface area (TPSA) is 89.3 Å². The number of nitrogens with zero attached hydrogens (tertiary/aromatic N) is 1. The van der Waals surface area contributed by atoms with Crippen molar-refractivity contribution in [3.05, 3.63) is 27.8 Å². The van der Waals surface area contributed by atoms with Crippen LogP contribution in [0.5, 0.6) is 5.75 Å². The minimum atomic E-state index is -2.54. The summed E-state index contributed by atoms with van der Waals surface area (Å²) in [4.78, 5) is 10.8. The minimum absolute atomic E-state index is 0.0966. The Kier molecular flexibility index (Phi) is 7.96. The zero-order valence-electron chi connectivity index (χ0n) is 15.2. The van der Waals surface area contributed by atoms with Crippen LogP contribution in [0.2, 0.25) is 6.04 Å². The van der Waals surface area contributed by atoms with Crippen LogP contribution in [0.1, 0.15) is 18.4 Å². The van der Waals surface area contributed by atoms with E-state index in [0.717, 1.165) is 18.9 Å². The summed E-state index contributed by atoms with van der Waals surface area (Å²) in [6, 6.07) is 4.94. The Balaban J connectivity index is 2.52. The van der Waals surface area contributed by atoms with Gasteiger partial charge in [0.1, 0.15) is 0 Å². The Morgan fingerprint density at radius 1 is 1.12 bits per heavy atom.